The van der Waals surface area contributed by atoms with Gasteiger partial charge in [-0.3, -0.25) is 37.3 Å². The molecule has 17 nitrogen and oxygen atoms in total. The van der Waals surface area contributed by atoms with Crippen LogP contribution in [0.5, 0.6) is 0 Å². The number of esters is 4. The van der Waals surface area contributed by atoms with E-state index in [0.29, 0.717) is 25.7 Å². The van der Waals surface area contributed by atoms with Crippen molar-refractivity contribution in [1.29, 1.82) is 0 Å². The standard InChI is InChI=1S/C81H158O17P2/c1-7-10-12-14-16-18-20-22-24-26-28-30-32-34-36-38-47-53-59-65-80(85)97-76(69-91-78(83)63-57-51-45-37-35-33-31-29-27-25-23-21-19-17-15-13-11-8-2)71-95-99(87,88)93-67-75(82)68-94-100(89,90)96-72-77(70-92-79(84)64-58-52-46-41-39-43-49-55-61-73(4)5)98-81(86)66-60-54-48-42-40-44-50-56-62-74(6)9-3/h73-77,82H,7-72H2,1-6H3,(H,87,88)(H,89,90)/t74?,75-,76-,77-/m1/s1. The zero-order valence-electron chi connectivity index (χ0n) is 65.5. The first-order valence-corrected chi connectivity index (χ1v) is 45.0. The SMILES string of the molecule is CCCCCCCCCCCCCCCCCCCCCC(=O)O[C@H](COC(=O)CCCCCCCCCCCCCCCCCCCC)COP(=O)(O)OC[C@@H](O)COP(=O)(O)OC[C@@H](COC(=O)CCCCCCCCCCC(C)C)OC(=O)CCCCCCCCCCC(C)CC. The zero-order chi connectivity index (χ0) is 73.5. The number of phosphoric ester groups is 2. The van der Waals surface area contributed by atoms with Crippen LogP contribution in [0.3, 0.4) is 0 Å². The van der Waals surface area contributed by atoms with Crippen molar-refractivity contribution in [2.24, 2.45) is 11.8 Å². The Morgan fingerprint density at radius 1 is 0.290 bits per heavy atom. The molecule has 0 spiro atoms. The number of phosphoric acid groups is 2. The van der Waals surface area contributed by atoms with Crippen molar-refractivity contribution < 1.29 is 80.2 Å². The number of aliphatic hydroxyl groups is 1. The third kappa shape index (κ3) is 73.0. The fourth-order valence-electron chi connectivity index (χ4n) is 12.5. The lowest BCUT2D eigenvalue weighted by atomic mass is 9.99. The molecule has 0 aliphatic carbocycles. The average Bonchev–Trinajstić information content (AvgIpc) is 0.926. The maximum absolute atomic E-state index is 13.1. The molecule has 3 N–H and O–H groups in total. The van der Waals surface area contributed by atoms with Crippen LogP contribution in [0.2, 0.25) is 0 Å². The Labute approximate surface area is 613 Å². The highest BCUT2D eigenvalue weighted by Gasteiger charge is 2.30. The van der Waals surface area contributed by atoms with Gasteiger partial charge in [-0.25, -0.2) is 9.13 Å². The Hall–Kier alpha value is -1.94. The molecule has 100 heavy (non-hydrogen) atoms. The summed E-state index contributed by atoms with van der Waals surface area (Å²) in [5, 5.41) is 10.6. The first kappa shape index (κ1) is 98.1. The van der Waals surface area contributed by atoms with Crippen LogP contribution in [-0.2, 0) is 65.4 Å². The predicted octanol–water partition coefficient (Wildman–Crippen LogP) is 24.3. The largest absolute Gasteiger partial charge is 0.472 e. The van der Waals surface area contributed by atoms with E-state index in [1.807, 2.05) is 0 Å². The van der Waals surface area contributed by atoms with E-state index in [0.717, 1.165) is 102 Å². The van der Waals surface area contributed by atoms with Crippen LogP contribution in [-0.4, -0.2) is 96.7 Å². The minimum absolute atomic E-state index is 0.105. The summed E-state index contributed by atoms with van der Waals surface area (Å²) in [5.41, 5.74) is 0. The van der Waals surface area contributed by atoms with Crippen molar-refractivity contribution >= 4 is 39.5 Å². The number of carbonyl (C=O) groups is 4. The number of aliphatic hydroxyl groups excluding tert-OH is 1. The molecule has 19 heteroatoms. The summed E-state index contributed by atoms with van der Waals surface area (Å²) in [7, 11) is -9.92. The Bertz CT molecular complexity index is 1930. The molecule has 6 atom stereocenters. The summed E-state index contributed by atoms with van der Waals surface area (Å²) in [6.45, 7) is 9.59. The van der Waals surface area contributed by atoms with Gasteiger partial charge in [-0.1, -0.05) is 375 Å². The zero-order valence-corrected chi connectivity index (χ0v) is 67.3. The van der Waals surface area contributed by atoms with Gasteiger partial charge < -0.3 is 33.8 Å². The van der Waals surface area contributed by atoms with Crippen LogP contribution in [0.15, 0.2) is 0 Å². The lowest BCUT2D eigenvalue weighted by Gasteiger charge is -2.21. The summed E-state index contributed by atoms with van der Waals surface area (Å²) in [4.78, 5) is 73.0. The number of hydrogen-bond donors (Lipinski definition) is 3. The molecule has 0 aliphatic heterocycles. The van der Waals surface area contributed by atoms with Crippen molar-refractivity contribution in [1.82, 2.24) is 0 Å². The van der Waals surface area contributed by atoms with E-state index in [1.165, 1.54) is 244 Å². The first-order valence-electron chi connectivity index (χ1n) is 42.0. The van der Waals surface area contributed by atoms with Gasteiger partial charge in [0.25, 0.3) is 0 Å². The maximum atomic E-state index is 13.1. The topological polar surface area (TPSA) is 237 Å². The second-order valence-corrected chi connectivity index (χ2v) is 32.8. The Balaban J connectivity index is 5.24. The van der Waals surface area contributed by atoms with Gasteiger partial charge in [-0.05, 0) is 37.5 Å². The number of unbranched alkanes of at least 4 members (excludes halogenated alkanes) is 49. The van der Waals surface area contributed by atoms with Crippen LogP contribution in [0.1, 0.15) is 427 Å². The van der Waals surface area contributed by atoms with Crippen LogP contribution in [0.25, 0.3) is 0 Å². The monoisotopic (exact) mass is 1470 g/mol. The molecule has 0 saturated carbocycles. The minimum Gasteiger partial charge on any atom is -0.462 e. The number of rotatable bonds is 80. The van der Waals surface area contributed by atoms with Crippen molar-refractivity contribution in [3.8, 4) is 0 Å². The highest BCUT2D eigenvalue weighted by Crippen LogP contribution is 2.45. The normalized spacial score (nSPS) is 14.2. The van der Waals surface area contributed by atoms with Crippen molar-refractivity contribution in [2.45, 2.75) is 445 Å². The molecule has 0 bridgehead atoms. The third-order valence-corrected chi connectivity index (χ3v) is 21.2. The fraction of sp³-hybridized carbons (Fsp3) is 0.951. The molecule has 0 saturated heterocycles. The van der Waals surface area contributed by atoms with Gasteiger partial charge in [0.05, 0.1) is 26.4 Å². The Morgan fingerprint density at radius 2 is 0.510 bits per heavy atom. The summed E-state index contributed by atoms with van der Waals surface area (Å²) in [6.07, 6.45) is 62.5. The van der Waals surface area contributed by atoms with Gasteiger partial charge in [-0.2, -0.15) is 0 Å². The van der Waals surface area contributed by atoms with Gasteiger partial charge >= 0.3 is 39.5 Å². The smallest absolute Gasteiger partial charge is 0.462 e. The Morgan fingerprint density at radius 3 is 0.760 bits per heavy atom. The van der Waals surface area contributed by atoms with Crippen LogP contribution in [0, 0.1) is 11.8 Å². The van der Waals surface area contributed by atoms with E-state index >= 15 is 0 Å². The van der Waals surface area contributed by atoms with Crippen LogP contribution in [0.4, 0.5) is 0 Å². The molecule has 0 amide bonds. The third-order valence-electron chi connectivity index (χ3n) is 19.3. The molecule has 0 radical (unpaired) electrons. The van der Waals surface area contributed by atoms with Gasteiger partial charge in [0.15, 0.2) is 12.2 Å². The first-order chi connectivity index (χ1) is 48.4. The summed E-state index contributed by atoms with van der Waals surface area (Å²) < 4.78 is 68.7. The summed E-state index contributed by atoms with van der Waals surface area (Å²) in [5.74, 6) is -0.615. The van der Waals surface area contributed by atoms with E-state index in [4.69, 9.17) is 37.0 Å². The van der Waals surface area contributed by atoms with Gasteiger partial charge in [0.1, 0.15) is 19.3 Å². The summed E-state index contributed by atoms with van der Waals surface area (Å²) in [6, 6.07) is 0. The molecular weight excluding hydrogens is 1310 g/mol. The highest BCUT2D eigenvalue weighted by molar-refractivity contribution is 7.47. The molecule has 0 aromatic heterocycles. The van der Waals surface area contributed by atoms with Gasteiger partial charge in [0.2, 0.25) is 0 Å². The van der Waals surface area contributed by atoms with Crippen molar-refractivity contribution in [3.05, 3.63) is 0 Å². The highest BCUT2D eigenvalue weighted by atomic mass is 31.2. The summed E-state index contributed by atoms with van der Waals surface area (Å²) >= 11 is 0. The van der Waals surface area contributed by atoms with E-state index in [2.05, 4.69) is 41.5 Å². The quantitative estimate of drug-likeness (QED) is 0.0222. The molecule has 0 aliphatic rings. The van der Waals surface area contributed by atoms with Crippen LogP contribution >= 0.6 is 15.6 Å². The molecule has 0 fully saturated rings. The average molecular weight is 1470 g/mol. The molecule has 0 aromatic rings. The lowest BCUT2D eigenvalue weighted by molar-refractivity contribution is -0.161. The molecule has 0 rings (SSSR count). The lowest BCUT2D eigenvalue weighted by Crippen LogP contribution is -2.30. The van der Waals surface area contributed by atoms with E-state index in [1.54, 1.807) is 0 Å². The second-order valence-electron chi connectivity index (χ2n) is 29.9. The van der Waals surface area contributed by atoms with E-state index in [9.17, 15) is 43.2 Å². The van der Waals surface area contributed by atoms with Crippen molar-refractivity contribution in [3.63, 3.8) is 0 Å². The Kier molecular flexibility index (Phi) is 71.2. The molecule has 3 unspecified atom stereocenters. The van der Waals surface area contributed by atoms with E-state index < -0.39 is 97.5 Å². The number of ether oxygens (including phenoxy) is 4. The maximum Gasteiger partial charge on any atom is 0.472 e. The van der Waals surface area contributed by atoms with Crippen LogP contribution < -0.4 is 0 Å². The number of hydrogen-bond acceptors (Lipinski definition) is 15. The van der Waals surface area contributed by atoms with Gasteiger partial charge in [-0.15, -0.1) is 0 Å². The fourth-order valence-corrected chi connectivity index (χ4v) is 14.1. The molecule has 594 valence electrons. The second kappa shape index (κ2) is 72.6. The predicted molar refractivity (Wildman–Crippen MR) is 409 cm³/mol. The molecular formula is C81H158O17P2. The van der Waals surface area contributed by atoms with E-state index in [-0.39, 0.29) is 25.7 Å². The number of carbonyl (C=O) groups excluding carboxylic acids is 4. The van der Waals surface area contributed by atoms with Gasteiger partial charge in [0, 0.05) is 25.7 Å². The molecule has 0 aromatic carbocycles. The molecule has 0 heterocycles. The minimum atomic E-state index is -4.96. The van der Waals surface area contributed by atoms with Crippen molar-refractivity contribution in [2.75, 3.05) is 39.6 Å².